The number of para-hydroxylation sites is 2. The van der Waals surface area contributed by atoms with Crippen LogP contribution in [-0.2, 0) is 6.54 Å². The highest BCUT2D eigenvalue weighted by atomic mass is 16.4. The van der Waals surface area contributed by atoms with Crippen LogP contribution in [0, 0.1) is 0 Å². The Morgan fingerprint density at radius 1 is 0.886 bits per heavy atom. The van der Waals surface area contributed by atoms with Crippen LogP contribution in [-0.4, -0.2) is 31.7 Å². The Morgan fingerprint density at radius 2 is 1.51 bits per heavy atom. The second kappa shape index (κ2) is 10.2. The minimum Gasteiger partial charge on any atom is -0.465 e. The molecule has 0 atom stereocenters. The van der Waals surface area contributed by atoms with Gasteiger partial charge in [0.15, 0.2) is 0 Å². The zero-order chi connectivity index (χ0) is 24.8. The minimum absolute atomic E-state index is 0.498. The number of amides is 1. The van der Waals surface area contributed by atoms with Crippen LogP contribution in [0.15, 0.2) is 91.6 Å². The molecule has 35 heavy (non-hydrogen) atoms. The second-order valence-corrected chi connectivity index (χ2v) is 8.95. The molecule has 3 heterocycles. The van der Waals surface area contributed by atoms with Crippen LogP contribution < -0.4 is 15.1 Å². The molecule has 0 aliphatic rings. The smallest absolute Gasteiger partial charge is 0.412 e. The molecule has 0 aliphatic carbocycles. The van der Waals surface area contributed by atoms with Crippen LogP contribution >= 0.6 is 0 Å². The molecule has 8 heteroatoms. The quantitative estimate of drug-likeness (QED) is 0.332. The van der Waals surface area contributed by atoms with Crippen molar-refractivity contribution < 1.29 is 9.90 Å². The molecular weight excluding hydrogens is 440 g/mol. The summed E-state index contributed by atoms with van der Waals surface area (Å²) in [5.41, 5.74) is 3.33. The first kappa shape index (κ1) is 23.7. The molecule has 1 aromatic carbocycles. The molecular formula is C27H28N6O2. The Kier molecular flexibility index (Phi) is 6.91. The van der Waals surface area contributed by atoms with Crippen LogP contribution in [0.2, 0.25) is 0 Å². The molecule has 178 valence electrons. The Morgan fingerprint density at radius 3 is 2.09 bits per heavy atom. The number of hydrogen-bond acceptors (Lipinski definition) is 6. The van der Waals surface area contributed by atoms with Gasteiger partial charge >= 0.3 is 6.09 Å². The highest BCUT2D eigenvalue weighted by Crippen LogP contribution is 2.34. The highest BCUT2D eigenvalue weighted by Gasteiger charge is 2.29. The van der Waals surface area contributed by atoms with Crippen molar-refractivity contribution in [1.29, 1.82) is 0 Å². The lowest BCUT2D eigenvalue weighted by Crippen LogP contribution is -2.45. The van der Waals surface area contributed by atoms with Gasteiger partial charge in [-0.25, -0.2) is 9.78 Å². The standard InChI is InChI=1S/C27H28N6O2/c1-27(2,3)33(26(34)35)24-13-5-4-12-23(24)31-25-20(9-6-16-30-25)19-32(21-10-7-14-28-17-21)22-11-8-15-29-18-22/h4-18H,19H2,1-3H3,(H,30,31)(H,34,35). The fraction of sp³-hybridized carbons (Fsp3) is 0.185. The van der Waals surface area contributed by atoms with E-state index < -0.39 is 11.6 Å². The van der Waals surface area contributed by atoms with Crippen molar-refractivity contribution in [2.75, 3.05) is 15.1 Å². The normalized spacial score (nSPS) is 11.1. The van der Waals surface area contributed by atoms with E-state index in [0.717, 1.165) is 16.9 Å². The number of carboxylic acid groups (broad SMARTS) is 1. The number of carbonyl (C=O) groups is 1. The lowest BCUT2D eigenvalue weighted by molar-refractivity contribution is 0.195. The first-order valence-corrected chi connectivity index (χ1v) is 11.3. The van der Waals surface area contributed by atoms with E-state index in [2.05, 4.69) is 25.2 Å². The first-order chi connectivity index (χ1) is 16.8. The van der Waals surface area contributed by atoms with Gasteiger partial charge in [-0.05, 0) is 63.2 Å². The summed E-state index contributed by atoms with van der Waals surface area (Å²) in [5.74, 6) is 0.636. The van der Waals surface area contributed by atoms with Crippen molar-refractivity contribution in [2.45, 2.75) is 32.9 Å². The number of aromatic nitrogens is 3. The van der Waals surface area contributed by atoms with Crippen molar-refractivity contribution in [1.82, 2.24) is 15.0 Å². The molecule has 0 saturated carbocycles. The number of pyridine rings is 3. The number of nitrogens with one attached hydrogen (secondary N) is 1. The van der Waals surface area contributed by atoms with Gasteiger partial charge in [-0.2, -0.15) is 0 Å². The highest BCUT2D eigenvalue weighted by molar-refractivity contribution is 5.93. The molecule has 8 nitrogen and oxygen atoms in total. The molecule has 0 radical (unpaired) electrons. The molecule has 0 fully saturated rings. The molecule has 0 spiro atoms. The molecule has 0 bridgehead atoms. The first-order valence-electron chi connectivity index (χ1n) is 11.3. The molecule has 0 unspecified atom stereocenters. The van der Waals surface area contributed by atoms with E-state index in [1.54, 1.807) is 37.1 Å². The Bertz CT molecular complexity index is 1240. The van der Waals surface area contributed by atoms with Crippen molar-refractivity contribution in [3.05, 3.63) is 97.2 Å². The summed E-state index contributed by atoms with van der Waals surface area (Å²) in [4.78, 5) is 28.7. The van der Waals surface area contributed by atoms with E-state index in [4.69, 9.17) is 0 Å². The van der Waals surface area contributed by atoms with Crippen LogP contribution in [0.4, 0.5) is 33.4 Å². The van der Waals surface area contributed by atoms with Gasteiger partial charge in [0, 0.05) is 29.7 Å². The average Bonchev–Trinajstić information content (AvgIpc) is 2.84. The summed E-state index contributed by atoms with van der Waals surface area (Å²) in [7, 11) is 0. The van der Waals surface area contributed by atoms with Gasteiger partial charge in [0.1, 0.15) is 5.82 Å². The third kappa shape index (κ3) is 5.55. The zero-order valence-electron chi connectivity index (χ0n) is 20.0. The Hall–Kier alpha value is -4.46. The predicted molar refractivity (Wildman–Crippen MR) is 139 cm³/mol. The predicted octanol–water partition coefficient (Wildman–Crippen LogP) is 6.24. The van der Waals surface area contributed by atoms with E-state index in [1.165, 1.54) is 4.90 Å². The van der Waals surface area contributed by atoms with Gasteiger partial charge in [0.05, 0.1) is 41.7 Å². The van der Waals surface area contributed by atoms with Crippen LogP contribution in [0.3, 0.4) is 0 Å². The van der Waals surface area contributed by atoms with E-state index in [0.29, 0.717) is 23.7 Å². The lowest BCUT2D eigenvalue weighted by atomic mass is 10.0. The summed E-state index contributed by atoms with van der Waals surface area (Å²) in [6.07, 6.45) is 7.78. The minimum atomic E-state index is -1.02. The maximum atomic E-state index is 12.1. The Labute approximate surface area is 204 Å². The number of rotatable bonds is 7. The summed E-state index contributed by atoms with van der Waals surface area (Å²) >= 11 is 0. The van der Waals surface area contributed by atoms with Gasteiger partial charge in [-0.15, -0.1) is 0 Å². The fourth-order valence-corrected chi connectivity index (χ4v) is 3.86. The van der Waals surface area contributed by atoms with Gasteiger partial charge in [0.25, 0.3) is 0 Å². The SMILES string of the molecule is CC(C)(C)N(C(=O)O)c1ccccc1Nc1ncccc1CN(c1cccnc1)c1cccnc1. The average molecular weight is 469 g/mol. The monoisotopic (exact) mass is 468 g/mol. The zero-order valence-corrected chi connectivity index (χ0v) is 20.0. The molecule has 4 rings (SSSR count). The second-order valence-electron chi connectivity index (χ2n) is 8.95. The van der Waals surface area contributed by atoms with Gasteiger partial charge in [-0.3, -0.25) is 14.9 Å². The number of anilines is 5. The summed E-state index contributed by atoms with van der Waals surface area (Å²) in [6, 6.07) is 19.0. The van der Waals surface area contributed by atoms with Crippen LogP contribution in [0.25, 0.3) is 0 Å². The largest absolute Gasteiger partial charge is 0.465 e. The molecule has 1 amide bonds. The summed E-state index contributed by atoms with van der Waals surface area (Å²) in [5, 5.41) is 13.3. The molecule has 0 aliphatic heterocycles. The molecule has 0 saturated heterocycles. The van der Waals surface area contributed by atoms with E-state index in [1.807, 2.05) is 75.4 Å². The number of benzene rings is 1. The topological polar surface area (TPSA) is 94.5 Å². The van der Waals surface area contributed by atoms with Crippen molar-refractivity contribution in [2.24, 2.45) is 0 Å². The van der Waals surface area contributed by atoms with Gasteiger partial charge < -0.3 is 15.3 Å². The maximum absolute atomic E-state index is 12.1. The van der Waals surface area contributed by atoms with Crippen LogP contribution in [0.5, 0.6) is 0 Å². The van der Waals surface area contributed by atoms with Crippen molar-refractivity contribution in [3.63, 3.8) is 0 Å². The molecule has 3 aromatic heterocycles. The van der Waals surface area contributed by atoms with E-state index in [-0.39, 0.29) is 0 Å². The number of hydrogen-bond donors (Lipinski definition) is 2. The van der Waals surface area contributed by atoms with Gasteiger partial charge in [0.2, 0.25) is 0 Å². The lowest BCUT2D eigenvalue weighted by Gasteiger charge is -2.34. The van der Waals surface area contributed by atoms with Crippen molar-refractivity contribution in [3.8, 4) is 0 Å². The van der Waals surface area contributed by atoms with E-state index >= 15 is 0 Å². The summed E-state index contributed by atoms with van der Waals surface area (Å²) < 4.78 is 0. The van der Waals surface area contributed by atoms with Crippen LogP contribution in [0.1, 0.15) is 26.3 Å². The van der Waals surface area contributed by atoms with E-state index in [9.17, 15) is 9.90 Å². The third-order valence-corrected chi connectivity index (χ3v) is 5.40. The van der Waals surface area contributed by atoms with Gasteiger partial charge in [-0.1, -0.05) is 18.2 Å². The third-order valence-electron chi connectivity index (χ3n) is 5.40. The summed E-state index contributed by atoms with van der Waals surface area (Å²) in [6.45, 7) is 6.09. The molecule has 4 aromatic rings. The fourth-order valence-electron chi connectivity index (χ4n) is 3.86. The number of nitrogens with zero attached hydrogens (tertiary/aromatic N) is 5. The maximum Gasteiger partial charge on any atom is 0.412 e. The van der Waals surface area contributed by atoms with Crippen molar-refractivity contribution >= 4 is 34.7 Å². The Balaban J connectivity index is 1.72. The molecule has 2 N–H and O–H groups in total.